The lowest BCUT2D eigenvalue weighted by molar-refractivity contribution is 0.337. The average Bonchev–Trinajstić information content (AvgIpc) is 2.94. The fourth-order valence-corrected chi connectivity index (χ4v) is 2.79. The number of aromatic nitrogens is 2. The number of aryl methyl sites for hydroxylation is 1. The molecule has 3 rings (SSSR count). The van der Waals surface area contributed by atoms with Crippen molar-refractivity contribution in [3.8, 4) is 0 Å². The van der Waals surface area contributed by atoms with Crippen LogP contribution in [0, 0.1) is 6.92 Å². The fourth-order valence-electron chi connectivity index (χ4n) is 2.79. The van der Waals surface area contributed by atoms with E-state index in [1.54, 1.807) is 0 Å². The lowest BCUT2D eigenvalue weighted by atomic mass is 10.4. The van der Waals surface area contributed by atoms with Gasteiger partial charge in [-0.15, -0.1) is 0 Å². The number of nitrogens with zero attached hydrogens (tertiary/aromatic N) is 3. The number of hydrogen-bond donors (Lipinski definition) is 1. The van der Waals surface area contributed by atoms with Crippen LogP contribution in [0.4, 0.5) is 5.95 Å². The maximum absolute atomic E-state index is 4.58. The quantitative estimate of drug-likeness (QED) is 0.785. The third-order valence-corrected chi connectivity index (χ3v) is 3.93. The molecule has 1 N–H and O–H groups in total. The van der Waals surface area contributed by atoms with Crippen molar-refractivity contribution >= 4 is 5.95 Å². The molecule has 4 heteroatoms. The molecule has 1 aromatic heterocycles. The van der Waals surface area contributed by atoms with E-state index < -0.39 is 0 Å². The molecule has 0 amide bonds. The molecule has 0 atom stereocenters. The summed E-state index contributed by atoms with van der Waals surface area (Å²) in [5.41, 5.74) is 1.13. The highest BCUT2D eigenvalue weighted by Crippen LogP contribution is 2.37. The summed E-state index contributed by atoms with van der Waals surface area (Å²) in [5.74, 6) is 1.08. The standard InChI is InChI=1S/C14H24N4/c1-12-11-18(13-5-6-13)14(16-12)15-7-4-10-17-8-2-3-9-17/h11,13H,2-10H2,1H3,(H,15,16). The molecule has 1 aromatic rings. The summed E-state index contributed by atoms with van der Waals surface area (Å²) >= 11 is 0. The van der Waals surface area contributed by atoms with E-state index in [-0.39, 0.29) is 0 Å². The molecule has 1 aliphatic carbocycles. The molecular formula is C14H24N4. The molecule has 0 spiro atoms. The van der Waals surface area contributed by atoms with Gasteiger partial charge in [0.05, 0.1) is 5.69 Å². The van der Waals surface area contributed by atoms with Crippen LogP contribution >= 0.6 is 0 Å². The highest BCUT2D eigenvalue weighted by molar-refractivity contribution is 5.30. The van der Waals surface area contributed by atoms with E-state index >= 15 is 0 Å². The van der Waals surface area contributed by atoms with Crippen molar-refractivity contribution in [1.82, 2.24) is 14.5 Å². The van der Waals surface area contributed by atoms with Crippen molar-refractivity contribution in [1.29, 1.82) is 0 Å². The van der Waals surface area contributed by atoms with Crippen molar-refractivity contribution in [2.75, 3.05) is 31.5 Å². The summed E-state index contributed by atoms with van der Waals surface area (Å²) in [4.78, 5) is 7.15. The zero-order chi connectivity index (χ0) is 12.4. The van der Waals surface area contributed by atoms with Gasteiger partial charge in [-0.1, -0.05) is 0 Å². The Labute approximate surface area is 109 Å². The van der Waals surface area contributed by atoms with Gasteiger partial charge in [0.1, 0.15) is 0 Å². The zero-order valence-corrected chi connectivity index (χ0v) is 11.4. The minimum atomic E-state index is 0.715. The first-order valence-electron chi connectivity index (χ1n) is 7.34. The molecule has 2 fully saturated rings. The van der Waals surface area contributed by atoms with E-state index in [2.05, 4.69) is 32.9 Å². The highest BCUT2D eigenvalue weighted by atomic mass is 15.2. The van der Waals surface area contributed by atoms with E-state index in [1.165, 1.54) is 51.7 Å². The van der Waals surface area contributed by atoms with E-state index in [0.717, 1.165) is 18.2 Å². The van der Waals surface area contributed by atoms with Crippen molar-refractivity contribution in [2.24, 2.45) is 0 Å². The second-order valence-corrected chi connectivity index (χ2v) is 5.67. The molecule has 0 unspecified atom stereocenters. The zero-order valence-electron chi connectivity index (χ0n) is 11.4. The lowest BCUT2D eigenvalue weighted by Gasteiger charge is -2.14. The highest BCUT2D eigenvalue weighted by Gasteiger charge is 2.26. The first kappa shape index (κ1) is 12.0. The van der Waals surface area contributed by atoms with Crippen molar-refractivity contribution < 1.29 is 0 Å². The Morgan fingerprint density at radius 3 is 2.83 bits per heavy atom. The largest absolute Gasteiger partial charge is 0.356 e. The number of nitrogens with one attached hydrogen (secondary N) is 1. The van der Waals surface area contributed by atoms with E-state index in [4.69, 9.17) is 0 Å². The van der Waals surface area contributed by atoms with Crippen LogP contribution in [0.1, 0.15) is 43.8 Å². The predicted molar refractivity (Wildman–Crippen MR) is 74.0 cm³/mol. The molecule has 1 saturated heterocycles. The van der Waals surface area contributed by atoms with Gasteiger partial charge in [0, 0.05) is 18.8 Å². The summed E-state index contributed by atoms with van der Waals surface area (Å²) in [6.45, 7) is 6.95. The smallest absolute Gasteiger partial charge is 0.203 e. The van der Waals surface area contributed by atoms with Crippen LogP contribution < -0.4 is 5.32 Å². The maximum Gasteiger partial charge on any atom is 0.203 e. The summed E-state index contributed by atoms with van der Waals surface area (Å²) in [7, 11) is 0. The second kappa shape index (κ2) is 5.31. The molecule has 18 heavy (non-hydrogen) atoms. The van der Waals surface area contributed by atoms with Gasteiger partial charge in [-0.25, -0.2) is 4.98 Å². The van der Waals surface area contributed by atoms with E-state index in [9.17, 15) is 0 Å². The predicted octanol–water partition coefficient (Wildman–Crippen LogP) is 2.42. The minimum Gasteiger partial charge on any atom is -0.356 e. The number of rotatable bonds is 6. The average molecular weight is 248 g/mol. The van der Waals surface area contributed by atoms with Crippen LogP contribution in [0.15, 0.2) is 6.20 Å². The molecule has 0 bridgehead atoms. The molecular weight excluding hydrogens is 224 g/mol. The van der Waals surface area contributed by atoms with Gasteiger partial charge >= 0.3 is 0 Å². The Bertz CT molecular complexity index is 388. The Kier molecular flexibility index (Phi) is 3.55. The third kappa shape index (κ3) is 2.86. The summed E-state index contributed by atoms with van der Waals surface area (Å²) in [6, 6.07) is 0.715. The van der Waals surface area contributed by atoms with Gasteiger partial charge in [0.2, 0.25) is 5.95 Å². The lowest BCUT2D eigenvalue weighted by Crippen LogP contribution is -2.22. The van der Waals surface area contributed by atoms with Gasteiger partial charge in [-0.3, -0.25) is 0 Å². The summed E-state index contributed by atoms with van der Waals surface area (Å²) < 4.78 is 2.32. The number of likely N-dealkylation sites (tertiary alicyclic amines) is 1. The van der Waals surface area contributed by atoms with Crippen LogP contribution in [0.2, 0.25) is 0 Å². The molecule has 4 nitrogen and oxygen atoms in total. The Balaban J connectivity index is 1.44. The van der Waals surface area contributed by atoms with Gasteiger partial charge in [0.15, 0.2) is 0 Å². The molecule has 0 aromatic carbocycles. The first-order valence-corrected chi connectivity index (χ1v) is 7.34. The molecule has 1 saturated carbocycles. The topological polar surface area (TPSA) is 33.1 Å². The minimum absolute atomic E-state index is 0.715. The van der Waals surface area contributed by atoms with Crippen molar-refractivity contribution in [3.05, 3.63) is 11.9 Å². The molecule has 2 heterocycles. The molecule has 100 valence electrons. The summed E-state index contributed by atoms with van der Waals surface area (Å²) in [6.07, 6.45) is 8.81. The van der Waals surface area contributed by atoms with Crippen molar-refractivity contribution in [3.63, 3.8) is 0 Å². The van der Waals surface area contributed by atoms with Gasteiger partial charge in [-0.05, 0) is 58.7 Å². The number of hydrogen-bond acceptors (Lipinski definition) is 3. The third-order valence-electron chi connectivity index (χ3n) is 3.93. The first-order chi connectivity index (χ1) is 8.83. The van der Waals surface area contributed by atoms with Crippen LogP contribution in [-0.4, -0.2) is 40.6 Å². The van der Waals surface area contributed by atoms with Crippen molar-refractivity contribution in [2.45, 2.75) is 45.1 Å². The van der Waals surface area contributed by atoms with E-state index in [1.807, 2.05) is 0 Å². The SMILES string of the molecule is Cc1cn(C2CC2)c(NCCCN2CCCC2)n1. The monoisotopic (exact) mass is 248 g/mol. The van der Waals surface area contributed by atoms with Gasteiger partial charge in [-0.2, -0.15) is 0 Å². The molecule has 0 radical (unpaired) electrons. The van der Waals surface area contributed by atoms with Crippen LogP contribution in [0.5, 0.6) is 0 Å². The second-order valence-electron chi connectivity index (χ2n) is 5.67. The fraction of sp³-hybridized carbons (Fsp3) is 0.786. The maximum atomic E-state index is 4.58. The molecule has 1 aliphatic heterocycles. The Morgan fingerprint density at radius 2 is 2.11 bits per heavy atom. The summed E-state index contributed by atoms with van der Waals surface area (Å²) in [5, 5.41) is 3.50. The molecule has 2 aliphatic rings. The van der Waals surface area contributed by atoms with E-state index in [0.29, 0.717) is 6.04 Å². The van der Waals surface area contributed by atoms with Gasteiger partial charge in [0.25, 0.3) is 0 Å². The number of anilines is 1. The Morgan fingerprint density at radius 1 is 1.33 bits per heavy atom. The van der Waals surface area contributed by atoms with Crippen LogP contribution in [0.25, 0.3) is 0 Å². The number of imidazole rings is 1. The van der Waals surface area contributed by atoms with Gasteiger partial charge < -0.3 is 14.8 Å². The van der Waals surface area contributed by atoms with Crippen LogP contribution in [0.3, 0.4) is 0 Å². The Hall–Kier alpha value is -1.03. The normalized spacial score (nSPS) is 20.5. The van der Waals surface area contributed by atoms with Crippen LogP contribution in [-0.2, 0) is 0 Å².